The average Bonchev–Trinajstić information content (AvgIpc) is 2.95. The molecule has 2 unspecified atom stereocenters. The number of hydrogen-bond donors (Lipinski definition) is 1. The van der Waals surface area contributed by atoms with Gasteiger partial charge < -0.3 is 10.0 Å². The molecule has 32 heavy (non-hydrogen) atoms. The van der Waals surface area contributed by atoms with E-state index < -0.39 is 0 Å². The Morgan fingerprint density at radius 1 is 0.875 bits per heavy atom. The Balaban J connectivity index is 1.55. The maximum absolute atomic E-state index is 10.7. The molecule has 168 valence electrons. The molecule has 4 heteroatoms. The van der Waals surface area contributed by atoms with E-state index in [1.54, 1.807) is 0 Å². The minimum Gasteiger partial charge on any atom is -0.512 e. The molecule has 1 aliphatic heterocycles. The van der Waals surface area contributed by atoms with Crippen LogP contribution in [0.15, 0.2) is 89.9 Å². The van der Waals surface area contributed by atoms with Gasteiger partial charge in [-0.3, -0.25) is 4.90 Å². The van der Waals surface area contributed by atoms with Gasteiger partial charge in [-0.2, -0.15) is 0 Å². The van der Waals surface area contributed by atoms with Crippen LogP contribution in [0.1, 0.15) is 37.9 Å². The fraction of sp³-hybridized carbons (Fsp3) is 0.357. The monoisotopic (exact) mass is 448 g/mol. The zero-order chi connectivity index (χ0) is 22.7. The van der Waals surface area contributed by atoms with Crippen molar-refractivity contribution in [1.82, 2.24) is 9.80 Å². The van der Waals surface area contributed by atoms with Crippen LogP contribution in [0.25, 0.3) is 0 Å². The standard InChI is InChI=1S/C28H33ClN2O/c1-20(2)24-11-14-26(21(3)27(32)19-24)30-15-17-31(18-16-30)28(22-7-5-4-6-8-22)23-9-12-25(29)13-10-23/h4-14,19-21,28,32H,15-18H2,1-3H3. The first-order valence-corrected chi connectivity index (χ1v) is 11.9. The van der Waals surface area contributed by atoms with E-state index >= 15 is 0 Å². The van der Waals surface area contributed by atoms with Crippen LogP contribution >= 0.6 is 11.6 Å². The van der Waals surface area contributed by atoms with Gasteiger partial charge in [0.25, 0.3) is 0 Å². The molecule has 0 spiro atoms. The van der Waals surface area contributed by atoms with E-state index in [2.05, 4.69) is 85.2 Å². The Bertz CT molecular complexity index is 999. The van der Waals surface area contributed by atoms with Crippen molar-refractivity contribution in [1.29, 1.82) is 0 Å². The van der Waals surface area contributed by atoms with Crippen LogP contribution in [0.2, 0.25) is 5.02 Å². The molecule has 0 bridgehead atoms. The zero-order valence-corrected chi connectivity index (χ0v) is 20.0. The second-order valence-corrected chi connectivity index (χ2v) is 9.53. The van der Waals surface area contributed by atoms with Gasteiger partial charge in [-0.25, -0.2) is 0 Å². The number of nitrogens with zero attached hydrogens (tertiary/aromatic N) is 2. The maximum Gasteiger partial charge on any atom is 0.101 e. The summed E-state index contributed by atoms with van der Waals surface area (Å²) >= 11 is 6.17. The average molecular weight is 449 g/mol. The highest BCUT2D eigenvalue weighted by Crippen LogP contribution is 2.33. The highest BCUT2D eigenvalue weighted by atomic mass is 35.5. The molecule has 4 rings (SSSR count). The van der Waals surface area contributed by atoms with Gasteiger partial charge in [-0.05, 0) is 53.8 Å². The molecule has 2 aromatic carbocycles. The number of aliphatic hydroxyl groups is 1. The maximum atomic E-state index is 10.7. The molecular weight excluding hydrogens is 416 g/mol. The van der Waals surface area contributed by atoms with Crippen molar-refractivity contribution < 1.29 is 5.11 Å². The van der Waals surface area contributed by atoms with Gasteiger partial charge >= 0.3 is 0 Å². The van der Waals surface area contributed by atoms with Crippen LogP contribution in [-0.4, -0.2) is 41.1 Å². The summed E-state index contributed by atoms with van der Waals surface area (Å²) in [5.41, 5.74) is 4.95. The van der Waals surface area contributed by atoms with Crippen LogP contribution < -0.4 is 0 Å². The summed E-state index contributed by atoms with van der Waals surface area (Å²) in [6.45, 7) is 10.2. The van der Waals surface area contributed by atoms with Gasteiger partial charge in [0.05, 0.1) is 12.0 Å². The minimum atomic E-state index is 0.00948. The summed E-state index contributed by atoms with van der Waals surface area (Å²) in [4.78, 5) is 5.00. The normalized spacial score (nSPS) is 21.0. The lowest BCUT2D eigenvalue weighted by molar-refractivity contribution is 0.123. The van der Waals surface area contributed by atoms with E-state index in [4.69, 9.17) is 11.6 Å². The number of hydrogen-bond acceptors (Lipinski definition) is 3. The molecule has 2 aliphatic rings. The first-order chi connectivity index (χ1) is 15.4. The van der Waals surface area contributed by atoms with E-state index in [1.165, 1.54) is 22.4 Å². The topological polar surface area (TPSA) is 26.7 Å². The number of piperazine rings is 1. The molecular formula is C28H33ClN2O. The summed E-state index contributed by atoms with van der Waals surface area (Å²) < 4.78 is 0. The van der Waals surface area contributed by atoms with Crippen molar-refractivity contribution in [3.05, 3.63) is 106 Å². The third-order valence-corrected chi connectivity index (χ3v) is 6.91. The van der Waals surface area contributed by atoms with Crippen molar-refractivity contribution in [2.24, 2.45) is 11.8 Å². The van der Waals surface area contributed by atoms with Gasteiger partial charge in [0, 0.05) is 36.9 Å². The van der Waals surface area contributed by atoms with Crippen LogP contribution in [0, 0.1) is 11.8 Å². The summed E-state index contributed by atoms with van der Waals surface area (Å²) in [6, 6.07) is 19.2. The molecule has 0 aromatic heterocycles. The molecule has 1 N–H and O–H groups in total. The predicted octanol–water partition coefficient (Wildman–Crippen LogP) is 6.60. The molecule has 3 nitrogen and oxygen atoms in total. The summed E-state index contributed by atoms with van der Waals surface area (Å²) in [6.07, 6.45) is 6.33. The fourth-order valence-corrected chi connectivity index (χ4v) is 4.82. The van der Waals surface area contributed by atoms with Crippen LogP contribution in [-0.2, 0) is 0 Å². The van der Waals surface area contributed by atoms with E-state index in [0.717, 1.165) is 31.2 Å². The quantitative estimate of drug-likeness (QED) is 0.557. The van der Waals surface area contributed by atoms with E-state index in [0.29, 0.717) is 11.7 Å². The van der Waals surface area contributed by atoms with Gasteiger partial charge in [0.1, 0.15) is 5.76 Å². The number of rotatable bonds is 5. The Morgan fingerprint density at radius 3 is 2.12 bits per heavy atom. The van der Waals surface area contributed by atoms with Crippen molar-refractivity contribution in [2.75, 3.05) is 26.2 Å². The highest BCUT2D eigenvalue weighted by Gasteiger charge is 2.29. The summed E-state index contributed by atoms with van der Waals surface area (Å²) in [5, 5.41) is 11.4. The van der Waals surface area contributed by atoms with E-state index in [-0.39, 0.29) is 12.0 Å². The Morgan fingerprint density at radius 2 is 1.50 bits per heavy atom. The molecule has 1 fully saturated rings. The first-order valence-electron chi connectivity index (χ1n) is 11.6. The van der Waals surface area contributed by atoms with Gasteiger partial charge in [0.2, 0.25) is 0 Å². The van der Waals surface area contributed by atoms with E-state index in [1.807, 2.05) is 18.2 Å². The largest absolute Gasteiger partial charge is 0.512 e. The van der Waals surface area contributed by atoms with Gasteiger partial charge in [-0.15, -0.1) is 0 Å². The molecule has 1 heterocycles. The summed E-state index contributed by atoms with van der Waals surface area (Å²) in [5.74, 6) is 0.859. The smallest absolute Gasteiger partial charge is 0.101 e. The molecule has 0 amide bonds. The SMILES string of the molecule is CC(C)C1=CC=C(N2CCN(C(c3ccccc3)c3ccc(Cl)cc3)CC2)C(C)C(O)=C1. The second-order valence-electron chi connectivity index (χ2n) is 9.09. The zero-order valence-electron chi connectivity index (χ0n) is 19.2. The predicted molar refractivity (Wildman–Crippen MR) is 134 cm³/mol. The Labute approximate surface area is 197 Å². The van der Waals surface area contributed by atoms with Crippen LogP contribution in [0.3, 0.4) is 0 Å². The van der Waals surface area contributed by atoms with Crippen LogP contribution in [0.4, 0.5) is 0 Å². The van der Waals surface area contributed by atoms with Crippen molar-refractivity contribution in [3.8, 4) is 0 Å². The lowest BCUT2D eigenvalue weighted by atomic mass is 9.96. The fourth-order valence-electron chi connectivity index (χ4n) is 4.69. The molecule has 1 aliphatic carbocycles. The third kappa shape index (κ3) is 4.95. The molecule has 0 saturated carbocycles. The lowest BCUT2D eigenvalue weighted by Gasteiger charge is -2.42. The third-order valence-electron chi connectivity index (χ3n) is 6.66. The van der Waals surface area contributed by atoms with Crippen LogP contribution in [0.5, 0.6) is 0 Å². The molecule has 1 saturated heterocycles. The highest BCUT2D eigenvalue weighted by molar-refractivity contribution is 6.30. The molecule has 0 radical (unpaired) electrons. The number of benzene rings is 2. The summed E-state index contributed by atoms with van der Waals surface area (Å²) in [7, 11) is 0. The van der Waals surface area contributed by atoms with E-state index in [9.17, 15) is 5.11 Å². The van der Waals surface area contributed by atoms with Crippen molar-refractivity contribution in [2.45, 2.75) is 26.8 Å². The van der Waals surface area contributed by atoms with Crippen molar-refractivity contribution in [3.63, 3.8) is 0 Å². The molecule has 2 aromatic rings. The number of halogens is 1. The minimum absolute atomic E-state index is 0.00948. The second kappa shape index (κ2) is 9.97. The Hall–Kier alpha value is -2.49. The number of allylic oxidation sites excluding steroid dienone is 4. The van der Waals surface area contributed by atoms with Gasteiger partial charge in [-0.1, -0.05) is 74.0 Å². The number of aliphatic hydroxyl groups excluding tert-OH is 1. The first kappa shape index (κ1) is 22.7. The van der Waals surface area contributed by atoms with Gasteiger partial charge in [0.15, 0.2) is 0 Å². The lowest BCUT2D eigenvalue weighted by Crippen LogP contribution is -2.48. The van der Waals surface area contributed by atoms with Crippen molar-refractivity contribution >= 4 is 11.6 Å². The molecule has 2 atom stereocenters. The Kier molecular flexibility index (Phi) is 7.07.